The van der Waals surface area contributed by atoms with Gasteiger partial charge in [-0.05, 0) is 24.3 Å². The number of hydrogen-bond acceptors (Lipinski definition) is 4. The Morgan fingerprint density at radius 1 is 1.10 bits per heavy atom. The van der Waals surface area contributed by atoms with Crippen LogP contribution in [0.3, 0.4) is 0 Å². The zero-order valence-corrected chi connectivity index (χ0v) is 12.2. The Balaban J connectivity index is 1.65. The van der Waals surface area contributed by atoms with E-state index in [1.165, 1.54) is 18.2 Å². The summed E-state index contributed by atoms with van der Waals surface area (Å²) >= 11 is 0. The first-order chi connectivity index (χ1) is 10.3. The highest BCUT2D eigenvalue weighted by molar-refractivity contribution is 5.92. The topological polar surface area (TPSA) is 39.6 Å². The SMILES string of the molecule is OCc1cc2ccccc2c(N2CCN(C3CC3)CC2)n1. The zero-order valence-electron chi connectivity index (χ0n) is 12.2. The number of nitrogens with zero attached hydrogens (tertiary/aromatic N) is 3. The van der Waals surface area contributed by atoms with Crippen LogP contribution < -0.4 is 4.90 Å². The summed E-state index contributed by atoms with van der Waals surface area (Å²) in [5, 5.41) is 11.8. The van der Waals surface area contributed by atoms with Crippen molar-refractivity contribution in [3.8, 4) is 0 Å². The molecule has 21 heavy (non-hydrogen) atoms. The number of fused-ring (bicyclic) bond motifs is 1. The van der Waals surface area contributed by atoms with Crippen molar-refractivity contribution in [3.63, 3.8) is 0 Å². The maximum Gasteiger partial charge on any atom is 0.136 e. The third-order valence-electron chi connectivity index (χ3n) is 4.61. The van der Waals surface area contributed by atoms with Gasteiger partial charge < -0.3 is 10.0 Å². The highest BCUT2D eigenvalue weighted by atomic mass is 16.3. The van der Waals surface area contributed by atoms with Crippen LogP contribution in [-0.2, 0) is 6.61 Å². The van der Waals surface area contributed by atoms with E-state index in [1.54, 1.807) is 0 Å². The van der Waals surface area contributed by atoms with Crippen molar-refractivity contribution in [2.45, 2.75) is 25.5 Å². The molecular formula is C17H21N3O. The van der Waals surface area contributed by atoms with Crippen LogP contribution in [0, 0.1) is 0 Å². The molecule has 2 aliphatic rings. The molecule has 4 rings (SSSR count). The van der Waals surface area contributed by atoms with Gasteiger partial charge in [-0.15, -0.1) is 0 Å². The van der Waals surface area contributed by atoms with E-state index in [2.05, 4.69) is 33.0 Å². The smallest absolute Gasteiger partial charge is 0.136 e. The van der Waals surface area contributed by atoms with Gasteiger partial charge in [0, 0.05) is 37.6 Å². The minimum Gasteiger partial charge on any atom is -0.390 e. The Morgan fingerprint density at radius 2 is 1.86 bits per heavy atom. The summed E-state index contributed by atoms with van der Waals surface area (Å²) in [6.45, 7) is 4.32. The Hall–Kier alpha value is -1.65. The molecule has 1 aliphatic carbocycles. The van der Waals surface area contributed by atoms with Crippen molar-refractivity contribution < 1.29 is 5.11 Å². The Kier molecular flexibility index (Phi) is 3.28. The van der Waals surface area contributed by atoms with Crippen LogP contribution in [0.25, 0.3) is 10.8 Å². The van der Waals surface area contributed by atoms with Crippen LogP contribution in [0.4, 0.5) is 5.82 Å². The second kappa shape index (κ2) is 5.28. The van der Waals surface area contributed by atoms with Gasteiger partial charge in [-0.2, -0.15) is 0 Å². The van der Waals surface area contributed by atoms with E-state index in [4.69, 9.17) is 0 Å². The van der Waals surface area contributed by atoms with Gasteiger partial charge in [0.25, 0.3) is 0 Å². The first-order valence-corrected chi connectivity index (χ1v) is 7.83. The first-order valence-electron chi connectivity index (χ1n) is 7.83. The molecule has 4 heteroatoms. The molecule has 1 aromatic carbocycles. The quantitative estimate of drug-likeness (QED) is 0.935. The van der Waals surface area contributed by atoms with Crippen molar-refractivity contribution in [1.82, 2.24) is 9.88 Å². The lowest BCUT2D eigenvalue weighted by Gasteiger charge is -2.36. The normalized spacial score (nSPS) is 20.1. The molecule has 1 aromatic heterocycles. The minimum absolute atomic E-state index is 0.000126. The fourth-order valence-electron chi connectivity index (χ4n) is 3.30. The fourth-order valence-corrected chi connectivity index (χ4v) is 3.30. The average molecular weight is 283 g/mol. The lowest BCUT2D eigenvalue weighted by molar-refractivity contribution is 0.247. The summed E-state index contributed by atoms with van der Waals surface area (Å²) in [6, 6.07) is 11.2. The van der Waals surface area contributed by atoms with E-state index >= 15 is 0 Å². The van der Waals surface area contributed by atoms with Crippen LogP contribution in [-0.4, -0.2) is 47.2 Å². The largest absolute Gasteiger partial charge is 0.390 e. The zero-order chi connectivity index (χ0) is 14.2. The summed E-state index contributed by atoms with van der Waals surface area (Å²) in [5.74, 6) is 1.03. The van der Waals surface area contributed by atoms with E-state index in [0.717, 1.165) is 49.1 Å². The number of hydrogen-bond donors (Lipinski definition) is 1. The second-order valence-electron chi connectivity index (χ2n) is 6.07. The molecule has 0 spiro atoms. The van der Waals surface area contributed by atoms with Gasteiger partial charge in [-0.3, -0.25) is 4.90 Å². The molecule has 4 nitrogen and oxygen atoms in total. The van der Waals surface area contributed by atoms with Gasteiger partial charge in [-0.25, -0.2) is 4.98 Å². The first kappa shape index (κ1) is 13.0. The Morgan fingerprint density at radius 3 is 2.57 bits per heavy atom. The molecule has 2 heterocycles. The summed E-state index contributed by atoms with van der Waals surface area (Å²) in [6.07, 6.45) is 2.75. The van der Waals surface area contributed by atoms with E-state index < -0.39 is 0 Å². The summed E-state index contributed by atoms with van der Waals surface area (Å²) in [4.78, 5) is 9.67. The summed E-state index contributed by atoms with van der Waals surface area (Å²) in [7, 11) is 0. The van der Waals surface area contributed by atoms with Crippen LogP contribution in [0.1, 0.15) is 18.5 Å². The molecule has 0 atom stereocenters. The number of aliphatic hydroxyl groups excluding tert-OH is 1. The lowest BCUT2D eigenvalue weighted by atomic mass is 10.1. The molecule has 0 radical (unpaired) electrons. The third kappa shape index (κ3) is 2.49. The number of aliphatic hydroxyl groups is 1. The van der Waals surface area contributed by atoms with Crippen LogP contribution in [0.5, 0.6) is 0 Å². The Bertz CT molecular complexity index is 646. The number of rotatable bonds is 3. The minimum atomic E-state index is -0.000126. The lowest BCUT2D eigenvalue weighted by Crippen LogP contribution is -2.47. The van der Waals surface area contributed by atoms with Gasteiger partial charge in [0.05, 0.1) is 12.3 Å². The monoisotopic (exact) mass is 283 g/mol. The van der Waals surface area contributed by atoms with Crippen molar-refractivity contribution in [3.05, 3.63) is 36.0 Å². The molecule has 0 bridgehead atoms. The van der Waals surface area contributed by atoms with Gasteiger partial charge in [0.15, 0.2) is 0 Å². The van der Waals surface area contributed by atoms with Crippen molar-refractivity contribution in [2.75, 3.05) is 31.1 Å². The average Bonchev–Trinajstić information content (AvgIpc) is 3.39. The number of pyridine rings is 1. The predicted octanol–water partition coefficient (Wildman–Crippen LogP) is 2.01. The fraction of sp³-hybridized carbons (Fsp3) is 0.471. The van der Waals surface area contributed by atoms with Crippen molar-refractivity contribution in [2.24, 2.45) is 0 Å². The number of aromatic nitrogens is 1. The molecule has 0 amide bonds. The van der Waals surface area contributed by atoms with Crippen LogP contribution in [0.2, 0.25) is 0 Å². The Labute approximate surface area is 125 Å². The molecule has 1 N–H and O–H groups in total. The predicted molar refractivity (Wildman–Crippen MR) is 84.5 cm³/mol. The number of benzene rings is 1. The molecule has 1 saturated heterocycles. The van der Waals surface area contributed by atoms with Crippen molar-refractivity contribution in [1.29, 1.82) is 0 Å². The second-order valence-corrected chi connectivity index (χ2v) is 6.07. The molecule has 0 unspecified atom stereocenters. The van der Waals surface area contributed by atoms with Crippen LogP contribution >= 0.6 is 0 Å². The van der Waals surface area contributed by atoms with Gasteiger partial charge in [0.2, 0.25) is 0 Å². The highest BCUT2D eigenvalue weighted by Gasteiger charge is 2.31. The van der Waals surface area contributed by atoms with E-state index in [0.29, 0.717) is 0 Å². The van der Waals surface area contributed by atoms with Gasteiger partial charge in [0.1, 0.15) is 5.82 Å². The maximum absolute atomic E-state index is 9.45. The highest BCUT2D eigenvalue weighted by Crippen LogP contribution is 2.30. The van der Waals surface area contributed by atoms with Gasteiger partial charge in [-0.1, -0.05) is 24.3 Å². The summed E-state index contributed by atoms with van der Waals surface area (Å²) in [5.41, 5.74) is 0.758. The number of anilines is 1. The van der Waals surface area contributed by atoms with E-state index in [9.17, 15) is 5.11 Å². The molecule has 1 saturated carbocycles. The standard InChI is InChI=1S/C17H21N3O/c21-12-14-11-13-3-1-2-4-16(13)17(18-14)20-9-7-19(8-10-20)15-5-6-15/h1-4,11,15,21H,5-10,12H2. The molecule has 2 fully saturated rings. The van der Waals surface area contributed by atoms with E-state index in [-0.39, 0.29) is 6.61 Å². The molecule has 1 aliphatic heterocycles. The van der Waals surface area contributed by atoms with E-state index in [1.807, 2.05) is 12.1 Å². The van der Waals surface area contributed by atoms with Crippen molar-refractivity contribution >= 4 is 16.6 Å². The van der Waals surface area contributed by atoms with Gasteiger partial charge >= 0.3 is 0 Å². The number of piperazine rings is 1. The molecular weight excluding hydrogens is 262 g/mol. The maximum atomic E-state index is 9.45. The molecule has 110 valence electrons. The molecule has 2 aromatic rings. The van der Waals surface area contributed by atoms with Crippen LogP contribution in [0.15, 0.2) is 30.3 Å². The third-order valence-corrected chi connectivity index (χ3v) is 4.61. The summed E-state index contributed by atoms with van der Waals surface area (Å²) < 4.78 is 0.